The fourth-order valence-electron chi connectivity index (χ4n) is 5.05. The first-order valence-electron chi connectivity index (χ1n) is 11.5. The molecule has 1 amide bonds. The summed E-state index contributed by atoms with van der Waals surface area (Å²) >= 11 is 0. The van der Waals surface area contributed by atoms with Crippen molar-refractivity contribution in [3.05, 3.63) is 58.4 Å². The van der Waals surface area contributed by atoms with Crippen molar-refractivity contribution < 1.29 is 4.79 Å². The van der Waals surface area contributed by atoms with Gasteiger partial charge < -0.3 is 9.80 Å². The van der Waals surface area contributed by atoms with E-state index in [-0.39, 0.29) is 11.9 Å². The molecule has 0 spiro atoms. The minimum atomic E-state index is -0.00148. The smallest absolute Gasteiger partial charge is 0.254 e. The largest absolute Gasteiger partial charge is 0.356 e. The maximum absolute atomic E-state index is 13.5. The molecule has 1 unspecified atom stereocenters. The molecule has 4 heterocycles. The maximum atomic E-state index is 13.5. The number of anilines is 1. The number of carbonyl (C=O) groups excluding carboxylic acids is 1. The Bertz CT molecular complexity index is 1130. The molecule has 2 aliphatic heterocycles. The summed E-state index contributed by atoms with van der Waals surface area (Å²) in [6, 6.07) is 8.07. The maximum Gasteiger partial charge on any atom is 0.254 e. The van der Waals surface area contributed by atoms with Crippen LogP contribution >= 0.6 is 0 Å². The Kier molecular flexibility index (Phi) is 5.16. The lowest BCUT2D eigenvalue weighted by Crippen LogP contribution is -2.39. The minimum Gasteiger partial charge on any atom is -0.356 e. The van der Waals surface area contributed by atoms with Crippen LogP contribution in [0.2, 0.25) is 0 Å². The van der Waals surface area contributed by atoms with Gasteiger partial charge in [0.05, 0.1) is 11.7 Å². The van der Waals surface area contributed by atoms with Crippen LogP contribution in [0.3, 0.4) is 0 Å². The van der Waals surface area contributed by atoms with Gasteiger partial charge in [-0.25, -0.2) is 9.50 Å². The molecule has 1 atom stereocenters. The number of aryl methyl sites for hydroxylation is 2. The second-order valence-electron chi connectivity index (χ2n) is 9.07. The normalized spacial score (nSPS) is 19.4. The summed E-state index contributed by atoms with van der Waals surface area (Å²) < 4.78 is 1.89. The van der Waals surface area contributed by atoms with Crippen molar-refractivity contribution in [2.24, 2.45) is 0 Å². The molecule has 0 bridgehead atoms. The summed E-state index contributed by atoms with van der Waals surface area (Å²) in [5.74, 6) is 1.19. The number of fused-ring (bicyclic) bond motifs is 1. The van der Waals surface area contributed by atoms with Crippen molar-refractivity contribution in [3.63, 3.8) is 0 Å². The van der Waals surface area contributed by atoms with Crippen LogP contribution in [0, 0.1) is 20.8 Å². The van der Waals surface area contributed by atoms with Crippen LogP contribution in [0.25, 0.3) is 5.65 Å². The van der Waals surface area contributed by atoms with Crippen LogP contribution in [0.4, 0.5) is 5.82 Å². The molecule has 6 heteroatoms. The van der Waals surface area contributed by atoms with Crippen molar-refractivity contribution in [3.8, 4) is 0 Å². The summed E-state index contributed by atoms with van der Waals surface area (Å²) in [6.45, 7) is 9.14. The van der Waals surface area contributed by atoms with E-state index in [9.17, 15) is 4.79 Å². The van der Waals surface area contributed by atoms with Crippen LogP contribution in [0.15, 0.2) is 30.5 Å². The van der Waals surface area contributed by atoms with Gasteiger partial charge in [0, 0.05) is 43.0 Å². The molecule has 0 aliphatic carbocycles. The number of carbonyl (C=O) groups is 1. The number of nitrogens with zero attached hydrogens (tertiary/aromatic N) is 5. The second-order valence-corrected chi connectivity index (χ2v) is 9.07. The summed E-state index contributed by atoms with van der Waals surface area (Å²) in [4.78, 5) is 22.9. The predicted molar refractivity (Wildman–Crippen MR) is 123 cm³/mol. The number of piperidine rings is 1. The number of likely N-dealkylation sites (tertiary alicyclic amines) is 1. The molecule has 0 radical (unpaired) electrons. The number of rotatable bonds is 3. The highest BCUT2D eigenvalue weighted by atomic mass is 16.2. The minimum absolute atomic E-state index is 0.00148. The van der Waals surface area contributed by atoms with Crippen molar-refractivity contribution in [1.29, 1.82) is 0 Å². The Morgan fingerprint density at radius 1 is 1.00 bits per heavy atom. The molecule has 5 rings (SSSR count). The zero-order chi connectivity index (χ0) is 21.5. The summed E-state index contributed by atoms with van der Waals surface area (Å²) in [6.07, 6.45) is 7.64. The van der Waals surface area contributed by atoms with E-state index in [0.29, 0.717) is 0 Å². The van der Waals surface area contributed by atoms with E-state index in [0.717, 1.165) is 78.3 Å². The number of benzene rings is 1. The molecule has 6 nitrogen and oxygen atoms in total. The number of hydrogen-bond acceptors (Lipinski definition) is 4. The van der Waals surface area contributed by atoms with Gasteiger partial charge in [0.25, 0.3) is 5.91 Å². The monoisotopic (exact) mass is 417 g/mol. The first-order valence-corrected chi connectivity index (χ1v) is 11.5. The molecule has 0 saturated carbocycles. The van der Waals surface area contributed by atoms with Gasteiger partial charge in [0.1, 0.15) is 5.82 Å². The third-order valence-corrected chi connectivity index (χ3v) is 6.97. The molecule has 2 saturated heterocycles. The standard InChI is InChI=1S/C25H31N5O/c1-17-9-8-10-20(19(17)3)25(31)29-14-5-4-11-22(29)21-15-23-26-24(28-12-6-7-13-28)18(2)16-30(23)27-21/h8-10,15-16,22H,4-7,11-14H2,1-3H3. The summed E-state index contributed by atoms with van der Waals surface area (Å²) in [5, 5.41) is 4.87. The van der Waals surface area contributed by atoms with E-state index in [4.69, 9.17) is 10.1 Å². The third kappa shape index (κ3) is 3.58. The van der Waals surface area contributed by atoms with E-state index in [1.54, 1.807) is 0 Å². The van der Waals surface area contributed by atoms with Gasteiger partial charge in [-0.05, 0) is 70.1 Å². The molecule has 2 fully saturated rings. The fourth-order valence-corrected chi connectivity index (χ4v) is 5.05. The van der Waals surface area contributed by atoms with Crippen LogP contribution in [-0.2, 0) is 0 Å². The molecule has 2 aliphatic rings. The Balaban J connectivity index is 1.49. The number of amides is 1. The lowest BCUT2D eigenvalue weighted by molar-refractivity contribution is 0.0605. The van der Waals surface area contributed by atoms with Crippen molar-refractivity contribution in [1.82, 2.24) is 19.5 Å². The van der Waals surface area contributed by atoms with Crippen molar-refractivity contribution in [2.75, 3.05) is 24.5 Å². The van der Waals surface area contributed by atoms with Crippen LogP contribution in [0.5, 0.6) is 0 Å². The number of aromatic nitrogens is 3. The molecule has 31 heavy (non-hydrogen) atoms. The zero-order valence-corrected chi connectivity index (χ0v) is 18.8. The predicted octanol–water partition coefficient (Wildman–Crippen LogP) is 4.62. The second kappa shape index (κ2) is 7.98. The summed E-state index contributed by atoms with van der Waals surface area (Å²) in [7, 11) is 0. The van der Waals surface area contributed by atoms with E-state index >= 15 is 0 Å². The zero-order valence-electron chi connectivity index (χ0n) is 18.8. The van der Waals surface area contributed by atoms with Crippen LogP contribution < -0.4 is 4.90 Å². The van der Waals surface area contributed by atoms with Crippen LogP contribution in [-0.4, -0.2) is 45.0 Å². The van der Waals surface area contributed by atoms with Gasteiger partial charge in [-0.15, -0.1) is 0 Å². The van der Waals surface area contributed by atoms with Crippen molar-refractivity contribution in [2.45, 2.75) is 58.9 Å². The van der Waals surface area contributed by atoms with Crippen LogP contribution in [0.1, 0.15) is 70.9 Å². The first kappa shape index (κ1) is 20.0. The van der Waals surface area contributed by atoms with E-state index in [1.165, 1.54) is 12.8 Å². The van der Waals surface area contributed by atoms with Gasteiger partial charge in [0.15, 0.2) is 5.65 Å². The lowest BCUT2D eigenvalue weighted by Gasteiger charge is -2.35. The molecule has 3 aromatic rings. The van der Waals surface area contributed by atoms with Gasteiger partial charge in [0.2, 0.25) is 0 Å². The highest BCUT2D eigenvalue weighted by molar-refractivity contribution is 5.96. The average molecular weight is 418 g/mol. The van der Waals surface area contributed by atoms with E-state index in [2.05, 4.69) is 37.1 Å². The molecule has 0 N–H and O–H groups in total. The lowest BCUT2D eigenvalue weighted by atomic mass is 9.96. The SMILES string of the molecule is Cc1cn2nc(C3CCCCN3C(=O)c3cccc(C)c3C)cc2nc1N1CCCC1. The molecular weight excluding hydrogens is 386 g/mol. The average Bonchev–Trinajstić information content (AvgIpc) is 3.44. The van der Waals surface area contributed by atoms with E-state index < -0.39 is 0 Å². The molecular formula is C25H31N5O. The Hall–Kier alpha value is -2.89. The third-order valence-electron chi connectivity index (χ3n) is 6.97. The van der Waals surface area contributed by atoms with Gasteiger partial charge in [-0.3, -0.25) is 4.79 Å². The molecule has 2 aromatic heterocycles. The Labute approximate surface area is 183 Å². The summed E-state index contributed by atoms with van der Waals surface area (Å²) in [5.41, 5.74) is 5.99. The fraction of sp³-hybridized carbons (Fsp3) is 0.480. The van der Waals surface area contributed by atoms with E-state index in [1.807, 2.05) is 28.5 Å². The Morgan fingerprint density at radius 3 is 2.58 bits per heavy atom. The van der Waals surface area contributed by atoms with Crippen molar-refractivity contribution >= 4 is 17.4 Å². The highest BCUT2D eigenvalue weighted by Crippen LogP contribution is 2.33. The topological polar surface area (TPSA) is 53.7 Å². The number of hydrogen-bond donors (Lipinski definition) is 0. The first-order chi connectivity index (χ1) is 15.0. The van der Waals surface area contributed by atoms with Gasteiger partial charge in [-0.1, -0.05) is 12.1 Å². The molecule has 1 aromatic carbocycles. The quantitative estimate of drug-likeness (QED) is 0.624. The Morgan fingerprint density at radius 2 is 1.77 bits per heavy atom. The van der Waals surface area contributed by atoms with Gasteiger partial charge >= 0.3 is 0 Å². The molecule has 162 valence electrons. The van der Waals surface area contributed by atoms with Gasteiger partial charge in [-0.2, -0.15) is 5.10 Å². The highest BCUT2D eigenvalue weighted by Gasteiger charge is 2.31.